The number of fused-ring (bicyclic) bond motifs is 1. The van der Waals surface area contributed by atoms with Gasteiger partial charge in [0, 0.05) is 25.8 Å². The standard InChI is InChI=1S/C16H21N5O2S/c1-10-20-13-6-11(7-19-16(13)24-10)15(23)18-9-14(22)21(2)12-4-3-5-17-8-12/h6-7,12,17H,3-5,8-9H2,1-2H3,(H,18,23). The number of hydrogen-bond donors (Lipinski definition) is 2. The number of nitrogens with zero attached hydrogens (tertiary/aromatic N) is 3. The molecule has 0 saturated carbocycles. The monoisotopic (exact) mass is 347 g/mol. The first-order valence-electron chi connectivity index (χ1n) is 8.02. The molecule has 1 fully saturated rings. The van der Waals surface area contributed by atoms with Crippen LogP contribution in [0.1, 0.15) is 28.2 Å². The number of amides is 2. The summed E-state index contributed by atoms with van der Waals surface area (Å²) in [6.45, 7) is 3.70. The van der Waals surface area contributed by atoms with Crippen LogP contribution in [0.3, 0.4) is 0 Å². The van der Waals surface area contributed by atoms with Crippen LogP contribution in [-0.4, -0.2) is 59.4 Å². The Hall–Kier alpha value is -2.06. The summed E-state index contributed by atoms with van der Waals surface area (Å²) in [5, 5.41) is 6.87. The highest BCUT2D eigenvalue weighted by Crippen LogP contribution is 2.19. The highest BCUT2D eigenvalue weighted by Gasteiger charge is 2.22. The fourth-order valence-corrected chi connectivity index (χ4v) is 3.54. The van der Waals surface area contributed by atoms with Gasteiger partial charge in [-0.1, -0.05) is 11.3 Å². The number of likely N-dealkylation sites (N-methyl/N-ethyl adjacent to an activating group) is 1. The van der Waals surface area contributed by atoms with Crippen molar-refractivity contribution in [3.05, 3.63) is 22.8 Å². The van der Waals surface area contributed by atoms with Gasteiger partial charge < -0.3 is 15.5 Å². The van der Waals surface area contributed by atoms with E-state index in [2.05, 4.69) is 20.6 Å². The van der Waals surface area contributed by atoms with Crippen LogP contribution in [0.15, 0.2) is 12.3 Å². The molecule has 3 heterocycles. The molecule has 2 N–H and O–H groups in total. The van der Waals surface area contributed by atoms with Gasteiger partial charge in [-0.2, -0.15) is 0 Å². The van der Waals surface area contributed by atoms with E-state index in [1.807, 2.05) is 6.92 Å². The highest BCUT2D eigenvalue weighted by atomic mass is 32.1. The van der Waals surface area contributed by atoms with Gasteiger partial charge in [0.1, 0.15) is 10.3 Å². The van der Waals surface area contributed by atoms with Crippen molar-refractivity contribution < 1.29 is 9.59 Å². The lowest BCUT2D eigenvalue weighted by atomic mass is 10.1. The Kier molecular flexibility index (Phi) is 5.06. The molecule has 0 spiro atoms. The van der Waals surface area contributed by atoms with Crippen molar-refractivity contribution in [2.24, 2.45) is 0 Å². The molecule has 0 aliphatic carbocycles. The van der Waals surface area contributed by atoms with Crippen LogP contribution in [0.4, 0.5) is 0 Å². The summed E-state index contributed by atoms with van der Waals surface area (Å²) in [4.78, 5) is 35.6. The first kappa shape index (κ1) is 16.8. The van der Waals surface area contributed by atoms with Crippen LogP contribution in [0.2, 0.25) is 0 Å². The molecule has 3 rings (SSSR count). The maximum absolute atomic E-state index is 12.3. The Morgan fingerprint density at radius 2 is 2.33 bits per heavy atom. The molecule has 128 valence electrons. The van der Waals surface area contributed by atoms with Crippen LogP contribution in [0, 0.1) is 6.92 Å². The fourth-order valence-electron chi connectivity index (χ4n) is 2.81. The molecule has 0 radical (unpaired) electrons. The molecular weight excluding hydrogens is 326 g/mol. The summed E-state index contributed by atoms with van der Waals surface area (Å²) >= 11 is 1.49. The largest absolute Gasteiger partial charge is 0.343 e. The van der Waals surface area contributed by atoms with Gasteiger partial charge in [-0.25, -0.2) is 9.97 Å². The molecule has 1 unspecified atom stereocenters. The van der Waals surface area contributed by atoms with Crippen LogP contribution < -0.4 is 10.6 Å². The van der Waals surface area contributed by atoms with E-state index in [4.69, 9.17) is 0 Å². The number of aromatic nitrogens is 2. The van der Waals surface area contributed by atoms with E-state index in [-0.39, 0.29) is 24.4 Å². The number of nitrogens with one attached hydrogen (secondary N) is 2. The van der Waals surface area contributed by atoms with Crippen LogP contribution in [-0.2, 0) is 4.79 Å². The fraction of sp³-hybridized carbons (Fsp3) is 0.500. The number of rotatable bonds is 4. The van der Waals surface area contributed by atoms with E-state index in [9.17, 15) is 9.59 Å². The number of hydrogen-bond acceptors (Lipinski definition) is 6. The molecular formula is C16H21N5O2S. The number of piperidine rings is 1. The molecule has 2 aromatic heterocycles. The van der Waals surface area contributed by atoms with Gasteiger partial charge in [0.15, 0.2) is 0 Å². The minimum Gasteiger partial charge on any atom is -0.343 e. The van der Waals surface area contributed by atoms with Gasteiger partial charge in [-0.05, 0) is 32.4 Å². The van der Waals surface area contributed by atoms with Crippen LogP contribution >= 0.6 is 11.3 Å². The first-order chi connectivity index (χ1) is 11.5. The van der Waals surface area contributed by atoms with Gasteiger partial charge >= 0.3 is 0 Å². The predicted octanol–water partition coefficient (Wildman–Crippen LogP) is 0.940. The van der Waals surface area contributed by atoms with Gasteiger partial charge in [0.25, 0.3) is 5.91 Å². The Morgan fingerprint density at radius 1 is 1.50 bits per heavy atom. The topological polar surface area (TPSA) is 87.2 Å². The molecule has 7 nitrogen and oxygen atoms in total. The van der Waals surface area contributed by atoms with E-state index >= 15 is 0 Å². The molecule has 0 aromatic carbocycles. The third-order valence-corrected chi connectivity index (χ3v) is 5.12. The number of pyridine rings is 1. The van der Waals surface area contributed by atoms with Gasteiger partial charge in [-0.15, -0.1) is 0 Å². The summed E-state index contributed by atoms with van der Waals surface area (Å²) in [6, 6.07) is 1.90. The van der Waals surface area contributed by atoms with Crippen LogP contribution in [0.5, 0.6) is 0 Å². The van der Waals surface area contributed by atoms with Crippen molar-refractivity contribution in [3.63, 3.8) is 0 Å². The average molecular weight is 347 g/mol. The van der Waals surface area contributed by atoms with Crippen LogP contribution in [0.25, 0.3) is 10.3 Å². The summed E-state index contributed by atoms with van der Waals surface area (Å²) in [7, 11) is 1.79. The molecule has 2 amide bonds. The first-order valence-corrected chi connectivity index (χ1v) is 8.84. The zero-order chi connectivity index (χ0) is 17.1. The highest BCUT2D eigenvalue weighted by molar-refractivity contribution is 7.18. The van der Waals surface area contributed by atoms with E-state index in [1.54, 1.807) is 18.0 Å². The second-order valence-corrected chi connectivity index (χ2v) is 7.15. The molecule has 1 aliphatic rings. The van der Waals surface area contributed by atoms with Crippen molar-refractivity contribution in [2.75, 3.05) is 26.7 Å². The molecule has 24 heavy (non-hydrogen) atoms. The second kappa shape index (κ2) is 7.23. The van der Waals surface area contributed by atoms with Gasteiger partial charge in [-0.3, -0.25) is 9.59 Å². The Bertz CT molecular complexity index is 754. The Balaban J connectivity index is 1.58. The molecule has 1 aliphatic heterocycles. The van der Waals surface area contributed by atoms with Crippen molar-refractivity contribution in [1.82, 2.24) is 25.5 Å². The van der Waals surface area contributed by atoms with Gasteiger partial charge in [0.2, 0.25) is 5.91 Å². The van der Waals surface area contributed by atoms with E-state index < -0.39 is 0 Å². The number of carbonyl (C=O) groups is 2. The lowest BCUT2D eigenvalue weighted by Crippen LogP contribution is -2.49. The molecule has 1 saturated heterocycles. The molecule has 8 heteroatoms. The predicted molar refractivity (Wildman–Crippen MR) is 93.1 cm³/mol. The number of aryl methyl sites for hydroxylation is 1. The maximum Gasteiger partial charge on any atom is 0.253 e. The number of thiazole rings is 1. The quantitative estimate of drug-likeness (QED) is 0.859. The zero-order valence-electron chi connectivity index (χ0n) is 13.8. The summed E-state index contributed by atoms with van der Waals surface area (Å²) in [5.41, 5.74) is 1.13. The minimum absolute atomic E-state index is 0.0139. The van der Waals surface area contributed by atoms with E-state index in [0.29, 0.717) is 11.1 Å². The second-order valence-electron chi connectivity index (χ2n) is 5.97. The maximum atomic E-state index is 12.3. The SMILES string of the molecule is Cc1nc2cc(C(=O)NCC(=O)N(C)C3CCCNC3)cnc2s1. The zero-order valence-corrected chi connectivity index (χ0v) is 14.7. The molecule has 1 atom stereocenters. The Labute approximate surface area is 144 Å². The average Bonchev–Trinajstić information content (AvgIpc) is 2.98. The van der Waals surface area contributed by atoms with Crippen molar-refractivity contribution >= 4 is 33.5 Å². The lowest BCUT2D eigenvalue weighted by Gasteiger charge is -2.31. The number of carbonyl (C=O) groups excluding carboxylic acids is 2. The normalized spacial score (nSPS) is 17.7. The van der Waals surface area contributed by atoms with Gasteiger partial charge in [0.05, 0.1) is 17.1 Å². The molecule has 2 aromatic rings. The van der Waals surface area contributed by atoms with Crippen molar-refractivity contribution in [3.8, 4) is 0 Å². The Morgan fingerprint density at radius 3 is 3.08 bits per heavy atom. The summed E-state index contributed by atoms with van der Waals surface area (Å²) in [6.07, 6.45) is 3.58. The third-order valence-electron chi connectivity index (χ3n) is 4.23. The lowest BCUT2D eigenvalue weighted by molar-refractivity contribution is -0.131. The van der Waals surface area contributed by atoms with E-state index in [1.165, 1.54) is 17.5 Å². The minimum atomic E-state index is -0.307. The molecule has 0 bridgehead atoms. The summed E-state index contributed by atoms with van der Waals surface area (Å²) < 4.78 is 0. The van der Waals surface area contributed by atoms with E-state index in [0.717, 1.165) is 35.8 Å². The van der Waals surface area contributed by atoms with Crippen molar-refractivity contribution in [2.45, 2.75) is 25.8 Å². The third kappa shape index (κ3) is 3.70. The summed E-state index contributed by atoms with van der Waals surface area (Å²) in [5.74, 6) is -0.394. The van der Waals surface area contributed by atoms with Crippen molar-refractivity contribution in [1.29, 1.82) is 0 Å². The smallest absolute Gasteiger partial charge is 0.253 e.